The van der Waals surface area contributed by atoms with E-state index in [2.05, 4.69) is 0 Å². The molecule has 0 radical (unpaired) electrons. The van der Waals surface area contributed by atoms with Gasteiger partial charge in [0.2, 0.25) is 0 Å². The van der Waals surface area contributed by atoms with Crippen LogP contribution in [0.4, 0.5) is 149 Å². The minimum Gasteiger partial charge on any atom is -0.743 e. The van der Waals surface area contributed by atoms with E-state index in [4.69, 9.17) is 0 Å². The molecule has 0 bridgehead atoms. The Morgan fingerprint density at radius 3 is 0.424 bits per heavy atom. The van der Waals surface area contributed by atoms with Crippen molar-refractivity contribution in [2.45, 2.75) is 93.9 Å². The molecule has 0 saturated carbocycles. The van der Waals surface area contributed by atoms with Gasteiger partial charge in [0.15, 0.2) is 20.2 Å². The maximum Gasteiger partial charge on any atom is 2.00 e. The molecule has 0 N–H and O–H groups in total. The molecule has 0 aliphatic heterocycles. The van der Waals surface area contributed by atoms with Crippen LogP contribution >= 0.6 is 0 Å². The topological polar surface area (TPSA) is 114 Å². The molecule has 0 aromatic carbocycles. The van der Waals surface area contributed by atoms with Crippen LogP contribution < -0.4 is 0 Å². The molecule has 0 atom stereocenters. The van der Waals surface area contributed by atoms with E-state index in [9.17, 15) is 175 Å². The van der Waals surface area contributed by atoms with E-state index in [1.807, 2.05) is 0 Å². The average Bonchev–Trinajstić information content (AvgIpc) is 2.93. The third kappa shape index (κ3) is 8.17. The van der Waals surface area contributed by atoms with E-state index in [1.165, 1.54) is 0 Å². The van der Waals surface area contributed by atoms with Gasteiger partial charge in [0.1, 0.15) is 0 Å². The normalized spacial score (nSPS) is 16.6. The zero-order valence-corrected chi connectivity index (χ0v) is 27.9. The molecule has 0 fully saturated rings. The Balaban J connectivity index is -0.00000105. The van der Waals surface area contributed by atoms with Crippen LogP contribution in [0, 0.1) is 0 Å². The Labute approximate surface area is 312 Å². The SMILES string of the molecule is O=S(=O)([O-])C(F)(F)C(F)(F)C(F)(F)C(F)(F)C(F)(F)C(F)(F)C(F)(F)C(F)(F)F.O=S(=O)([O-])C(F)(F)C(F)(F)C(F)(F)C(F)(F)C(F)(F)C(F)(F)C(F)(F)C(F)(F)F.[Mg+2]. The first kappa shape index (κ1) is 61.5. The minimum absolute atomic E-state index is 0. The molecule has 0 spiro atoms. The summed E-state index contributed by atoms with van der Waals surface area (Å²) in [7, 11) is -16.3. The summed E-state index contributed by atoms with van der Waals surface area (Å²) in [5.74, 6) is -104. The second-order valence-electron chi connectivity index (χ2n) is 9.83. The van der Waals surface area contributed by atoms with E-state index in [0.717, 1.165) is 0 Å². The summed E-state index contributed by atoms with van der Waals surface area (Å²) in [5, 5.41) is -15.9. The van der Waals surface area contributed by atoms with Gasteiger partial charge in [-0.3, -0.25) is 0 Å². The van der Waals surface area contributed by atoms with Crippen molar-refractivity contribution in [1.29, 1.82) is 0 Å². The second-order valence-corrected chi connectivity index (χ2v) is 12.7. The summed E-state index contributed by atoms with van der Waals surface area (Å²) in [6, 6.07) is 0. The van der Waals surface area contributed by atoms with Crippen molar-refractivity contribution in [2.75, 3.05) is 0 Å². The predicted octanol–water partition coefficient (Wildman–Crippen LogP) is 8.62. The third-order valence-electron chi connectivity index (χ3n) is 6.01. The van der Waals surface area contributed by atoms with E-state index < -0.39 is 114 Å². The van der Waals surface area contributed by atoms with Crippen molar-refractivity contribution in [3.8, 4) is 0 Å². The number of halogens is 34. The van der Waals surface area contributed by atoms with Crippen molar-refractivity contribution in [2.24, 2.45) is 0 Å². The summed E-state index contributed by atoms with van der Waals surface area (Å²) in [6.45, 7) is 0. The molecular formula is C16F34MgO6S2. The van der Waals surface area contributed by atoms with Crippen molar-refractivity contribution >= 4 is 43.3 Å². The van der Waals surface area contributed by atoms with Crippen molar-refractivity contribution in [3.63, 3.8) is 0 Å². The van der Waals surface area contributed by atoms with Gasteiger partial charge in [-0.2, -0.15) is 149 Å². The first-order valence-electron chi connectivity index (χ1n) is 11.3. The molecule has 0 aromatic heterocycles. The number of rotatable bonds is 14. The van der Waals surface area contributed by atoms with Crippen LogP contribution in [0.5, 0.6) is 0 Å². The van der Waals surface area contributed by atoms with Gasteiger partial charge in [-0.05, 0) is 0 Å². The quantitative estimate of drug-likeness (QED) is 0.0979. The first-order valence-corrected chi connectivity index (χ1v) is 14.2. The molecule has 0 unspecified atom stereocenters. The van der Waals surface area contributed by atoms with E-state index in [1.54, 1.807) is 0 Å². The molecule has 43 heteroatoms. The average molecular weight is 1020 g/mol. The predicted molar refractivity (Wildman–Crippen MR) is 107 cm³/mol. The van der Waals surface area contributed by atoms with Crippen molar-refractivity contribution in [3.05, 3.63) is 0 Å². The van der Waals surface area contributed by atoms with E-state index in [-0.39, 0.29) is 23.1 Å². The maximum atomic E-state index is 13.0. The Bertz CT molecular complexity index is 1600. The molecule has 0 aliphatic rings. The molecular weight excluding hydrogens is 1020 g/mol. The van der Waals surface area contributed by atoms with Crippen LogP contribution in [-0.2, 0) is 20.2 Å². The van der Waals surface area contributed by atoms with Crippen molar-refractivity contribution in [1.82, 2.24) is 0 Å². The third-order valence-corrected chi connectivity index (χ3v) is 7.78. The molecule has 0 aliphatic carbocycles. The van der Waals surface area contributed by atoms with Gasteiger partial charge in [-0.15, -0.1) is 0 Å². The Morgan fingerprint density at radius 1 is 0.220 bits per heavy atom. The Hall–Kier alpha value is -1.79. The fourth-order valence-electron chi connectivity index (χ4n) is 2.61. The zero-order valence-electron chi connectivity index (χ0n) is 24.8. The summed E-state index contributed by atoms with van der Waals surface area (Å²) >= 11 is 0. The minimum atomic E-state index is -8.92. The standard InChI is InChI=1S/2C8HF17O3S.Mg/c2*9-1(10,3(13,14)5(17,18)7(21,22)23)2(11,12)4(15,16)6(19,20)8(24,25)29(26,27)28;/h2*(H,26,27,28);/q;;+2/p-2. The maximum absolute atomic E-state index is 13.0. The number of hydrogen-bond donors (Lipinski definition) is 0. The van der Waals surface area contributed by atoms with Crippen LogP contribution in [0.25, 0.3) is 0 Å². The van der Waals surface area contributed by atoms with E-state index in [0.29, 0.717) is 0 Å². The molecule has 0 amide bonds. The van der Waals surface area contributed by atoms with Crippen LogP contribution in [0.3, 0.4) is 0 Å². The summed E-state index contributed by atoms with van der Waals surface area (Å²) in [4.78, 5) is 0. The van der Waals surface area contributed by atoms with Crippen LogP contribution in [0.1, 0.15) is 0 Å². The molecule has 0 saturated heterocycles. The first-order chi connectivity index (χ1) is 24.0. The molecule has 0 heterocycles. The van der Waals surface area contributed by atoms with Gasteiger partial charge < -0.3 is 9.11 Å². The molecule has 6 nitrogen and oxygen atoms in total. The van der Waals surface area contributed by atoms with Gasteiger partial charge in [0.25, 0.3) is 0 Å². The molecule has 59 heavy (non-hydrogen) atoms. The molecule has 0 aromatic rings. The Kier molecular flexibility index (Phi) is 15.8. The van der Waals surface area contributed by atoms with Gasteiger partial charge in [0.05, 0.1) is 0 Å². The van der Waals surface area contributed by atoms with Gasteiger partial charge in [-0.25, -0.2) is 16.8 Å². The second kappa shape index (κ2) is 15.2. The van der Waals surface area contributed by atoms with Gasteiger partial charge in [-0.1, -0.05) is 0 Å². The van der Waals surface area contributed by atoms with Crippen LogP contribution in [0.2, 0.25) is 0 Å². The van der Waals surface area contributed by atoms with Crippen molar-refractivity contribution < 1.29 is 175 Å². The summed E-state index contributed by atoms with van der Waals surface area (Å²) in [5.41, 5.74) is 0. The van der Waals surface area contributed by atoms with Crippen LogP contribution in [-0.4, -0.2) is 143 Å². The summed E-state index contributed by atoms with van der Waals surface area (Å²) in [6.07, 6.45) is -15.8. The largest absolute Gasteiger partial charge is 2.00 e. The number of hydrogen-bond acceptors (Lipinski definition) is 6. The van der Waals surface area contributed by atoms with Gasteiger partial charge >= 0.3 is 117 Å². The van der Waals surface area contributed by atoms with Gasteiger partial charge in [0, 0.05) is 0 Å². The smallest absolute Gasteiger partial charge is 0.743 e. The fourth-order valence-corrected chi connectivity index (χ4v) is 3.50. The molecule has 352 valence electrons. The monoisotopic (exact) mass is 1020 g/mol. The number of alkyl halides is 34. The fraction of sp³-hybridized carbons (Fsp3) is 1.00. The van der Waals surface area contributed by atoms with Crippen LogP contribution in [0.15, 0.2) is 0 Å². The Morgan fingerprint density at radius 2 is 0.322 bits per heavy atom. The summed E-state index contributed by atoms with van der Waals surface area (Å²) < 4.78 is 488. The van der Waals surface area contributed by atoms with E-state index >= 15 is 0 Å². The molecule has 0 rings (SSSR count). The zero-order chi connectivity index (χ0) is 49.0.